The second-order valence-electron chi connectivity index (χ2n) is 6.25. The molecule has 0 aliphatic carbocycles. The highest BCUT2D eigenvalue weighted by molar-refractivity contribution is 7.78. The number of nitrogens with one attached hydrogen (secondary N) is 1. The van der Waals surface area contributed by atoms with E-state index in [4.69, 9.17) is 4.52 Å². The number of pyridine rings is 1. The molecule has 1 N–H and O–H groups in total. The van der Waals surface area contributed by atoms with Crippen LogP contribution in [-0.2, 0) is 4.57 Å². The Kier molecular flexibility index (Phi) is 3.62. The van der Waals surface area contributed by atoms with E-state index in [1.807, 2.05) is 56.4 Å². The molecule has 0 bridgehead atoms. The van der Waals surface area contributed by atoms with E-state index in [0.29, 0.717) is 0 Å². The Labute approximate surface area is 145 Å². The smallest absolute Gasteiger partial charge is 0.142 e. The normalized spacial score (nSPS) is 13.9. The van der Waals surface area contributed by atoms with E-state index in [1.54, 1.807) is 12.9 Å². The van der Waals surface area contributed by atoms with Crippen molar-refractivity contribution in [3.63, 3.8) is 0 Å². The zero-order valence-corrected chi connectivity index (χ0v) is 15.2. The minimum Gasteiger partial charge on any atom is -0.361 e. The van der Waals surface area contributed by atoms with Crippen molar-refractivity contribution in [1.29, 1.82) is 0 Å². The van der Waals surface area contributed by atoms with Gasteiger partial charge in [0.25, 0.3) is 0 Å². The van der Waals surface area contributed by atoms with Crippen LogP contribution in [0.5, 0.6) is 0 Å². The highest BCUT2D eigenvalue weighted by Gasteiger charge is 2.25. The summed E-state index contributed by atoms with van der Waals surface area (Å²) in [5, 5.41) is 6.50. The zero-order valence-electron chi connectivity index (χ0n) is 14.3. The Morgan fingerprint density at radius 2 is 1.92 bits per heavy atom. The Hall–Kier alpha value is -2.65. The third-order valence-corrected chi connectivity index (χ3v) is 7.11. The molecule has 0 amide bonds. The van der Waals surface area contributed by atoms with Gasteiger partial charge < -0.3 is 14.1 Å². The topological polar surface area (TPSA) is 71.8 Å². The summed E-state index contributed by atoms with van der Waals surface area (Å²) in [6, 6.07) is 11.6. The Morgan fingerprint density at radius 3 is 2.60 bits per heavy atom. The second-order valence-corrected chi connectivity index (χ2v) is 9.10. The molecule has 1 atom stereocenters. The van der Waals surface area contributed by atoms with Crippen LogP contribution in [0.4, 0.5) is 0 Å². The minimum atomic E-state index is -2.73. The molecule has 3 heterocycles. The number of aromatic nitrogens is 3. The standard InChI is InChI=1S/C19H18N3O2P/c1-12-18(13(2)24-22-12)14-9-16-17(11-21-19(16)20-10-14)25(3,23)15-7-5-4-6-8-15/h4-11H,1-3H3,(H,20,21). The molecule has 3 aromatic heterocycles. The molecule has 126 valence electrons. The van der Waals surface area contributed by atoms with Gasteiger partial charge in [0.15, 0.2) is 0 Å². The molecular weight excluding hydrogens is 333 g/mol. The first-order chi connectivity index (χ1) is 12.0. The largest absolute Gasteiger partial charge is 0.361 e. The van der Waals surface area contributed by atoms with Gasteiger partial charge in [-0.15, -0.1) is 0 Å². The van der Waals surface area contributed by atoms with Gasteiger partial charge in [0.2, 0.25) is 0 Å². The van der Waals surface area contributed by atoms with E-state index >= 15 is 0 Å². The van der Waals surface area contributed by atoms with Crippen LogP contribution in [0.3, 0.4) is 0 Å². The monoisotopic (exact) mass is 351 g/mol. The van der Waals surface area contributed by atoms with Crippen LogP contribution >= 0.6 is 7.14 Å². The Morgan fingerprint density at radius 1 is 1.16 bits per heavy atom. The van der Waals surface area contributed by atoms with Crippen molar-refractivity contribution in [2.45, 2.75) is 13.8 Å². The summed E-state index contributed by atoms with van der Waals surface area (Å²) in [5.74, 6) is 0.749. The molecule has 6 heteroatoms. The lowest BCUT2D eigenvalue weighted by atomic mass is 10.1. The first-order valence-corrected chi connectivity index (χ1v) is 10.2. The van der Waals surface area contributed by atoms with Gasteiger partial charge in [-0.25, -0.2) is 4.98 Å². The fourth-order valence-electron chi connectivity index (χ4n) is 3.23. The van der Waals surface area contributed by atoms with Crippen LogP contribution in [0.2, 0.25) is 0 Å². The van der Waals surface area contributed by atoms with Crippen molar-refractivity contribution in [1.82, 2.24) is 15.1 Å². The molecule has 0 radical (unpaired) electrons. The van der Waals surface area contributed by atoms with Gasteiger partial charge in [-0.1, -0.05) is 35.5 Å². The molecular formula is C19H18N3O2P. The van der Waals surface area contributed by atoms with Gasteiger partial charge in [-0.05, 0) is 26.6 Å². The first kappa shape index (κ1) is 15.9. The number of hydrogen-bond acceptors (Lipinski definition) is 4. The SMILES string of the molecule is Cc1noc(C)c1-c1cnc2[nH]cc(P(C)(=O)c3ccccc3)c2c1. The number of H-pyrrole nitrogens is 1. The molecule has 0 saturated heterocycles. The molecule has 0 saturated carbocycles. The lowest BCUT2D eigenvalue weighted by Crippen LogP contribution is -2.14. The van der Waals surface area contributed by atoms with Crippen molar-refractivity contribution in [2.24, 2.45) is 0 Å². The van der Waals surface area contributed by atoms with E-state index < -0.39 is 7.14 Å². The highest BCUT2D eigenvalue weighted by atomic mass is 31.2. The van der Waals surface area contributed by atoms with E-state index in [1.165, 1.54) is 0 Å². The minimum absolute atomic E-state index is 0.725. The number of hydrogen-bond donors (Lipinski definition) is 1. The second kappa shape index (κ2) is 5.71. The predicted octanol–water partition coefficient (Wildman–Crippen LogP) is 3.78. The number of nitrogens with zero attached hydrogens (tertiary/aromatic N) is 2. The third-order valence-electron chi connectivity index (χ3n) is 4.54. The molecule has 4 aromatic rings. The first-order valence-electron chi connectivity index (χ1n) is 8.02. The van der Waals surface area contributed by atoms with Crippen LogP contribution in [0.25, 0.3) is 22.2 Å². The zero-order chi connectivity index (χ0) is 17.6. The summed E-state index contributed by atoms with van der Waals surface area (Å²) in [6.07, 6.45) is 3.60. The summed E-state index contributed by atoms with van der Waals surface area (Å²) in [4.78, 5) is 7.64. The van der Waals surface area contributed by atoms with E-state index in [2.05, 4.69) is 15.1 Å². The van der Waals surface area contributed by atoms with E-state index in [0.717, 1.165) is 44.2 Å². The number of aryl methyl sites for hydroxylation is 2. The number of benzene rings is 1. The van der Waals surface area contributed by atoms with E-state index in [-0.39, 0.29) is 0 Å². The lowest BCUT2D eigenvalue weighted by molar-refractivity contribution is 0.393. The summed E-state index contributed by atoms with van der Waals surface area (Å²) >= 11 is 0. The average Bonchev–Trinajstić information content (AvgIpc) is 3.18. The number of rotatable bonds is 3. The molecule has 4 rings (SSSR count). The molecule has 25 heavy (non-hydrogen) atoms. The van der Waals surface area contributed by atoms with Crippen LogP contribution in [0.15, 0.2) is 53.3 Å². The van der Waals surface area contributed by atoms with Crippen LogP contribution in [-0.4, -0.2) is 21.8 Å². The van der Waals surface area contributed by atoms with Crippen molar-refractivity contribution in [2.75, 3.05) is 6.66 Å². The van der Waals surface area contributed by atoms with Gasteiger partial charge >= 0.3 is 0 Å². The van der Waals surface area contributed by atoms with Gasteiger partial charge in [0.1, 0.15) is 18.5 Å². The molecule has 1 unspecified atom stereocenters. The summed E-state index contributed by atoms with van der Waals surface area (Å²) in [6.45, 7) is 5.59. The highest BCUT2D eigenvalue weighted by Crippen LogP contribution is 2.41. The van der Waals surface area contributed by atoms with Crippen LogP contribution in [0, 0.1) is 13.8 Å². The predicted molar refractivity (Wildman–Crippen MR) is 100 cm³/mol. The summed E-state index contributed by atoms with van der Waals surface area (Å²) in [7, 11) is -2.73. The van der Waals surface area contributed by atoms with E-state index in [9.17, 15) is 4.57 Å². The molecule has 0 fully saturated rings. The molecule has 5 nitrogen and oxygen atoms in total. The van der Waals surface area contributed by atoms with Crippen molar-refractivity contribution < 1.29 is 9.09 Å². The average molecular weight is 351 g/mol. The Balaban J connectivity index is 1.92. The third kappa shape index (κ3) is 2.52. The summed E-state index contributed by atoms with van der Waals surface area (Å²) < 4.78 is 18.8. The summed E-state index contributed by atoms with van der Waals surface area (Å²) in [5.41, 5.74) is 3.40. The Bertz CT molecular complexity index is 1090. The number of fused-ring (bicyclic) bond motifs is 1. The lowest BCUT2D eigenvalue weighted by Gasteiger charge is -2.12. The quantitative estimate of drug-likeness (QED) is 0.570. The molecule has 0 spiro atoms. The van der Waals surface area contributed by atoms with Gasteiger partial charge in [-0.2, -0.15) is 0 Å². The molecule has 0 aliphatic heterocycles. The maximum absolute atomic E-state index is 13.5. The van der Waals surface area contributed by atoms with Crippen LogP contribution < -0.4 is 10.6 Å². The molecule has 0 aliphatic rings. The van der Waals surface area contributed by atoms with Crippen molar-refractivity contribution >= 4 is 28.8 Å². The number of aromatic amines is 1. The fraction of sp³-hybridized carbons (Fsp3) is 0.158. The molecule has 1 aromatic carbocycles. The van der Waals surface area contributed by atoms with Gasteiger partial charge in [0.05, 0.1) is 5.69 Å². The van der Waals surface area contributed by atoms with Crippen molar-refractivity contribution in [3.8, 4) is 11.1 Å². The fourth-order valence-corrected chi connectivity index (χ4v) is 5.19. The maximum Gasteiger partial charge on any atom is 0.142 e. The van der Waals surface area contributed by atoms with Crippen molar-refractivity contribution in [3.05, 3.63) is 60.2 Å². The van der Waals surface area contributed by atoms with Gasteiger partial charge in [-0.3, -0.25) is 0 Å². The maximum atomic E-state index is 13.5. The van der Waals surface area contributed by atoms with Gasteiger partial charge in [0, 0.05) is 39.5 Å². The van der Waals surface area contributed by atoms with Crippen LogP contribution in [0.1, 0.15) is 11.5 Å².